The number of rotatable bonds is 7. The Labute approximate surface area is 181 Å². The minimum Gasteiger partial charge on any atom is -0.464 e. The number of aryl methyl sites for hydroxylation is 1. The highest BCUT2D eigenvalue weighted by molar-refractivity contribution is 5.91. The molecule has 0 bridgehead atoms. The van der Waals surface area contributed by atoms with Crippen LogP contribution in [0.25, 0.3) is 0 Å². The zero-order valence-corrected chi connectivity index (χ0v) is 17.4. The number of hydrogen-bond acceptors (Lipinski definition) is 7. The van der Waals surface area contributed by atoms with Gasteiger partial charge in [0, 0.05) is 19.0 Å². The highest BCUT2D eigenvalue weighted by Crippen LogP contribution is 2.31. The van der Waals surface area contributed by atoms with Gasteiger partial charge < -0.3 is 20.9 Å². The summed E-state index contributed by atoms with van der Waals surface area (Å²) in [5.74, 6) is -0.644. The molecule has 7 nitrogen and oxygen atoms in total. The van der Waals surface area contributed by atoms with Crippen molar-refractivity contribution >= 4 is 11.8 Å². The van der Waals surface area contributed by atoms with Crippen molar-refractivity contribution in [3.63, 3.8) is 0 Å². The third-order valence-electron chi connectivity index (χ3n) is 5.65. The number of nitrogens with zero attached hydrogens (tertiary/aromatic N) is 2. The number of carbonyl (C=O) groups is 1. The Morgan fingerprint density at radius 2 is 2.13 bits per heavy atom. The first-order valence-corrected chi connectivity index (χ1v) is 10.3. The molecule has 0 fully saturated rings. The van der Waals surface area contributed by atoms with Crippen molar-refractivity contribution < 1.29 is 14.6 Å². The average molecular weight is 418 g/mol. The first-order valence-electron chi connectivity index (χ1n) is 10.3. The fraction of sp³-hybridized carbons (Fsp3) is 0.292. The molecule has 1 unspecified atom stereocenters. The van der Waals surface area contributed by atoms with Gasteiger partial charge in [-0.15, -0.1) is 0 Å². The van der Waals surface area contributed by atoms with Gasteiger partial charge in [-0.3, -0.25) is 0 Å². The number of fused-ring (bicyclic) bond motifs is 1. The third kappa shape index (κ3) is 4.73. The van der Waals surface area contributed by atoms with E-state index in [4.69, 9.17) is 5.73 Å². The van der Waals surface area contributed by atoms with Gasteiger partial charge in [0.2, 0.25) is 0 Å². The van der Waals surface area contributed by atoms with Crippen LogP contribution < -0.4 is 11.1 Å². The molecule has 0 spiro atoms. The summed E-state index contributed by atoms with van der Waals surface area (Å²) in [5, 5.41) is 14.4. The lowest BCUT2D eigenvalue weighted by atomic mass is 10.0. The second kappa shape index (κ2) is 9.24. The molecule has 0 amide bonds. The van der Waals surface area contributed by atoms with E-state index < -0.39 is 12.1 Å². The van der Waals surface area contributed by atoms with Crippen LogP contribution in [-0.2, 0) is 24.1 Å². The van der Waals surface area contributed by atoms with Gasteiger partial charge in [0.15, 0.2) is 11.5 Å². The molecule has 0 saturated heterocycles. The van der Waals surface area contributed by atoms with Crippen molar-refractivity contribution in [3.05, 3.63) is 88.4 Å². The Kier molecular flexibility index (Phi) is 6.25. The number of ether oxygens (including phenoxy) is 1. The van der Waals surface area contributed by atoms with Crippen LogP contribution in [-0.4, -0.2) is 28.2 Å². The van der Waals surface area contributed by atoms with Gasteiger partial charge in [-0.2, -0.15) is 0 Å². The number of nitrogens with two attached hydrogens (primary N) is 1. The van der Waals surface area contributed by atoms with Gasteiger partial charge >= 0.3 is 5.97 Å². The monoisotopic (exact) mass is 418 g/mol. The van der Waals surface area contributed by atoms with Crippen LogP contribution in [0.3, 0.4) is 0 Å². The van der Waals surface area contributed by atoms with Crippen molar-refractivity contribution in [2.45, 2.75) is 38.0 Å². The van der Waals surface area contributed by atoms with E-state index in [2.05, 4.69) is 44.3 Å². The first-order chi connectivity index (χ1) is 15.0. The van der Waals surface area contributed by atoms with Crippen LogP contribution >= 0.6 is 0 Å². The second-order valence-corrected chi connectivity index (χ2v) is 7.72. The number of esters is 1. The number of anilines is 1. The summed E-state index contributed by atoms with van der Waals surface area (Å²) in [6, 6.07) is 16.8. The molecule has 4 rings (SSSR count). The lowest BCUT2D eigenvalue weighted by Crippen LogP contribution is -2.19. The molecule has 1 heterocycles. The van der Waals surface area contributed by atoms with E-state index in [1.54, 1.807) is 0 Å². The van der Waals surface area contributed by atoms with Crippen molar-refractivity contribution in [2.24, 2.45) is 0 Å². The Bertz CT molecular complexity index is 1090. The highest BCUT2D eigenvalue weighted by Gasteiger charge is 2.21. The second-order valence-electron chi connectivity index (χ2n) is 7.72. The lowest BCUT2D eigenvalue weighted by molar-refractivity contribution is 0.0594. The van der Waals surface area contributed by atoms with E-state index in [0.717, 1.165) is 24.0 Å². The molecule has 160 valence electrons. The van der Waals surface area contributed by atoms with E-state index in [1.165, 1.54) is 24.4 Å². The SMILES string of the molecule is COC(=O)c1nc(CC(O)c2cccc(CN[C@H]3CCc4ccccc43)c2)cnc1N. The number of aliphatic hydroxyl groups excluding tert-OH is 1. The van der Waals surface area contributed by atoms with E-state index >= 15 is 0 Å². The normalized spacial score (nSPS) is 16.0. The summed E-state index contributed by atoms with van der Waals surface area (Å²) >= 11 is 0. The quantitative estimate of drug-likeness (QED) is 0.506. The Morgan fingerprint density at radius 3 is 2.97 bits per heavy atom. The largest absolute Gasteiger partial charge is 0.464 e. The molecule has 0 aliphatic heterocycles. The average Bonchev–Trinajstić information content (AvgIpc) is 3.21. The third-order valence-corrected chi connectivity index (χ3v) is 5.65. The predicted molar refractivity (Wildman–Crippen MR) is 117 cm³/mol. The molecule has 1 aliphatic rings. The van der Waals surface area contributed by atoms with Crippen LogP contribution in [0.4, 0.5) is 5.82 Å². The number of methoxy groups -OCH3 is 1. The van der Waals surface area contributed by atoms with Crippen molar-refractivity contribution in [2.75, 3.05) is 12.8 Å². The fourth-order valence-corrected chi connectivity index (χ4v) is 4.02. The van der Waals surface area contributed by atoms with Gasteiger partial charge in [0.25, 0.3) is 0 Å². The maximum atomic E-state index is 11.8. The Morgan fingerprint density at radius 1 is 1.29 bits per heavy atom. The molecular weight excluding hydrogens is 392 g/mol. The van der Waals surface area contributed by atoms with Gasteiger partial charge in [0.1, 0.15) is 0 Å². The minimum absolute atomic E-state index is 0.00616. The maximum Gasteiger partial charge on any atom is 0.360 e. The van der Waals surface area contributed by atoms with Gasteiger partial charge in [-0.25, -0.2) is 14.8 Å². The van der Waals surface area contributed by atoms with Gasteiger partial charge in [-0.1, -0.05) is 48.5 Å². The highest BCUT2D eigenvalue weighted by atomic mass is 16.5. The van der Waals surface area contributed by atoms with E-state index in [-0.39, 0.29) is 17.9 Å². The molecule has 0 radical (unpaired) electrons. The van der Waals surface area contributed by atoms with Gasteiger partial charge in [0.05, 0.1) is 25.1 Å². The Balaban J connectivity index is 1.42. The van der Waals surface area contributed by atoms with Crippen LogP contribution in [0.5, 0.6) is 0 Å². The number of hydrogen-bond donors (Lipinski definition) is 3. The summed E-state index contributed by atoms with van der Waals surface area (Å²) in [4.78, 5) is 20.0. The summed E-state index contributed by atoms with van der Waals surface area (Å²) in [6.45, 7) is 0.716. The predicted octanol–water partition coefficient (Wildman–Crippen LogP) is 2.90. The summed E-state index contributed by atoms with van der Waals surface area (Å²) in [5.41, 5.74) is 10.8. The molecule has 0 saturated carbocycles. The zero-order valence-electron chi connectivity index (χ0n) is 17.4. The molecule has 3 aromatic rings. The fourth-order valence-electron chi connectivity index (χ4n) is 4.02. The topological polar surface area (TPSA) is 110 Å². The van der Waals surface area contributed by atoms with E-state index in [0.29, 0.717) is 18.3 Å². The summed E-state index contributed by atoms with van der Waals surface area (Å²) < 4.78 is 4.68. The van der Waals surface area contributed by atoms with Crippen molar-refractivity contribution in [1.29, 1.82) is 0 Å². The molecule has 4 N–H and O–H groups in total. The summed E-state index contributed by atoms with van der Waals surface area (Å²) in [6.07, 6.45) is 3.09. The number of carbonyl (C=O) groups excluding carboxylic acids is 1. The lowest BCUT2D eigenvalue weighted by Gasteiger charge is -2.16. The van der Waals surface area contributed by atoms with Crippen LogP contribution in [0.15, 0.2) is 54.7 Å². The Hall–Kier alpha value is -3.29. The molecular formula is C24H26N4O3. The molecule has 7 heteroatoms. The molecule has 2 aromatic carbocycles. The minimum atomic E-state index is -0.782. The molecule has 31 heavy (non-hydrogen) atoms. The standard InChI is InChI=1S/C24H26N4O3/c1-31-24(30)22-23(25)27-14-18(28-22)12-21(29)17-7-4-5-15(11-17)13-26-20-10-9-16-6-2-3-8-19(16)20/h2-8,11,14,20-21,26,29H,9-10,12-13H2,1H3,(H2,25,27)/t20-,21?/m0/s1. The number of benzene rings is 2. The van der Waals surface area contributed by atoms with Crippen LogP contribution in [0.2, 0.25) is 0 Å². The van der Waals surface area contributed by atoms with E-state index in [9.17, 15) is 9.90 Å². The van der Waals surface area contributed by atoms with Gasteiger partial charge in [-0.05, 0) is 35.1 Å². The molecule has 1 aromatic heterocycles. The smallest absolute Gasteiger partial charge is 0.360 e. The van der Waals surface area contributed by atoms with Crippen molar-refractivity contribution in [1.82, 2.24) is 15.3 Å². The van der Waals surface area contributed by atoms with Crippen LogP contribution in [0.1, 0.15) is 57.0 Å². The summed E-state index contributed by atoms with van der Waals surface area (Å²) in [7, 11) is 1.26. The zero-order chi connectivity index (χ0) is 21.8. The van der Waals surface area contributed by atoms with E-state index in [1.807, 2.05) is 24.3 Å². The molecule has 1 aliphatic carbocycles. The maximum absolute atomic E-state index is 11.8. The first kappa shape index (κ1) is 21.0. The van der Waals surface area contributed by atoms with Crippen LogP contribution in [0, 0.1) is 0 Å². The number of aromatic nitrogens is 2. The number of nitrogen functional groups attached to an aromatic ring is 1. The van der Waals surface area contributed by atoms with Crippen molar-refractivity contribution in [3.8, 4) is 0 Å². The number of nitrogens with one attached hydrogen (secondary N) is 1. The number of aliphatic hydroxyl groups is 1. The molecule has 2 atom stereocenters.